The van der Waals surface area contributed by atoms with E-state index in [0.29, 0.717) is 0 Å². The number of hydrogen-bond donors (Lipinski definition) is 1. The molecular weight excluding hydrogens is 386 g/mol. The van der Waals surface area contributed by atoms with E-state index in [2.05, 4.69) is 23.6 Å². The molecule has 1 N–H and O–H groups in total. The Labute approximate surface area is 184 Å². The first-order valence-corrected chi connectivity index (χ1v) is 11.5. The number of hydrogen-bond acceptors (Lipinski definition) is 3. The second-order valence-corrected chi connectivity index (χ2v) is 8.77. The van der Waals surface area contributed by atoms with E-state index in [-0.39, 0.29) is 11.8 Å². The number of nitrogens with zero attached hydrogens (tertiary/aromatic N) is 2. The molecule has 2 heterocycles. The van der Waals surface area contributed by atoms with Crippen molar-refractivity contribution in [3.8, 4) is 17.0 Å². The number of amides is 1. The summed E-state index contributed by atoms with van der Waals surface area (Å²) >= 11 is 0. The lowest BCUT2D eigenvalue weighted by Gasteiger charge is -2.27. The summed E-state index contributed by atoms with van der Waals surface area (Å²) in [6, 6.07) is 11.9. The molecule has 0 spiro atoms. The zero-order valence-corrected chi connectivity index (χ0v) is 18.9. The third kappa shape index (κ3) is 4.76. The SMILES string of the molecule is CCCCC1CCC(C(=O)Nc2ccc3nc(-c4ccc(OC)cc4)c(C)n3c2)CC1. The number of rotatable bonds is 7. The molecule has 1 aliphatic carbocycles. The zero-order chi connectivity index (χ0) is 21.8. The number of methoxy groups -OCH3 is 1. The van der Waals surface area contributed by atoms with Gasteiger partial charge in [-0.15, -0.1) is 0 Å². The lowest BCUT2D eigenvalue weighted by atomic mass is 9.79. The highest BCUT2D eigenvalue weighted by molar-refractivity contribution is 5.92. The van der Waals surface area contributed by atoms with Gasteiger partial charge in [-0.2, -0.15) is 0 Å². The first-order chi connectivity index (χ1) is 15.1. The molecule has 0 saturated heterocycles. The fourth-order valence-corrected chi connectivity index (χ4v) is 4.71. The van der Waals surface area contributed by atoms with Crippen LogP contribution in [-0.4, -0.2) is 22.4 Å². The number of anilines is 1. The van der Waals surface area contributed by atoms with Crippen molar-refractivity contribution in [3.63, 3.8) is 0 Å². The second-order valence-electron chi connectivity index (χ2n) is 8.77. The quantitative estimate of drug-likeness (QED) is 0.492. The maximum absolute atomic E-state index is 12.8. The van der Waals surface area contributed by atoms with Crippen LogP contribution in [0.3, 0.4) is 0 Å². The van der Waals surface area contributed by atoms with Gasteiger partial charge in [0, 0.05) is 23.4 Å². The molecule has 2 aromatic heterocycles. The van der Waals surface area contributed by atoms with Crippen molar-refractivity contribution in [3.05, 3.63) is 48.3 Å². The van der Waals surface area contributed by atoms with Gasteiger partial charge in [-0.25, -0.2) is 4.98 Å². The molecule has 0 unspecified atom stereocenters. The fourth-order valence-electron chi connectivity index (χ4n) is 4.71. The highest BCUT2D eigenvalue weighted by atomic mass is 16.5. The van der Waals surface area contributed by atoms with Crippen LogP contribution in [-0.2, 0) is 4.79 Å². The molecule has 0 radical (unpaired) electrons. The van der Waals surface area contributed by atoms with E-state index in [0.717, 1.165) is 52.8 Å². The number of nitrogens with one attached hydrogen (secondary N) is 1. The standard InChI is InChI=1S/C26H33N3O2/c1-4-5-6-19-7-9-21(10-8-19)26(30)27-22-13-16-24-28-25(18(2)29(24)17-22)20-11-14-23(31-3)15-12-20/h11-17,19,21H,4-10H2,1-3H3,(H,27,30). The number of pyridine rings is 1. The minimum absolute atomic E-state index is 0.132. The second kappa shape index (κ2) is 9.54. The summed E-state index contributed by atoms with van der Waals surface area (Å²) in [4.78, 5) is 17.6. The maximum atomic E-state index is 12.8. The molecule has 1 fully saturated rings. The van der Waals surface area contributed by atoms with E-state index in [9.17, 15) is 4.79 Å². The number of ether oxygens (including phenoxy) is 1. The van der Waals surface area contributed by atoms with E-state index >= 15 is 0 Å². The minimum Gasteiger partial charge on any atom is -0.497 e. The first-order valence-electron chi connectivity index (χ1n) is 11.5. The Morgan fingerprint density at radius 1 is 1.13 bits per heavy atom. The Hall–Kier alpha value is -2.82. The molecule has 4 rings (SSSR count). The van der Waals surface area contributed by atoms with Gasteiger partial charge in [0.25, 0.3) is 0 Å². The molecule has 1 aliphatic rings. The number of aromatic nitrogens is 2. The highest BCUT2D eigenvalue weighted by Gasteiger charge is 2.26. The number of imidazole rings is 1. The van der Waals surface area contributed by atoms with E-state index in [1.54, 1.807) is 7.11 Å². The van der Waals surface area contributed by atoms with Crippen molar-refractivity contribution in [1.82, 2.24) is 9.38 Å². The molecule has 1 saturated carbocycles. The highest BCUT2D eigenvalue weighted by Crippen LogP contribution is 2.33. The van der Waals surface area contributed by atoms with Gasteiger partial charge in [-0.1, -0.05) is 26.2 Å². The van der Waals surface area contributed by atoms with Gasteiger partial charge >= 0.3 is 0 Å². The number of carbonyl (C=O) groups excluding carboxylic acids is 1. The first kappa shape index (κ1) is 21.4. The molecule has 0 aliphatic heterocycles. The van der Waals surface area contributed by atoms with Crippen LogP contribution < -0.4 is 10.1 Å². The van der Waals surface area contributed by atoms with Crippen molar-refractivity contribution < 1.29 is 9.53 Å². The number of fused-ring (bicyclic) bond motifs is 1. The smallest absolute Gasteiger partial charge is 0.227 e. The number of unbranched alkanes of at least 4 members (excludes halogenated alkanes) is 1. The summed E-state index contributed by atoms with van der Waals surface area (Å²) in [5, 5.41) is 3.15. The molecule has 5 heteroatoms. The zero-order valence-electron chi connectivity index (χ0n) is 18.9. The van der Waals surface area contributed by atoms with Crippen molar-refractivity contribution in [1.29, 1.82) is 0 Å². The van der Waals surface area contributed by atoms with Crippen LogP contribution in [0.5, 0.6) is 5.75 Å². The molecule has 164 valence electrons. The lowest BCUT2D eigenvalue weighted by Crippen LogP contribution is -2.27. The van der Waals surface area contributed by atoms with Gasteiger partial charge in [0.2, 0.25) is 5.91 Å². The third-order valence-electron chi connectivity index (χ3n) is 6.67. The molecule has 1 amide bonds. The van der Waals surface area contributed by atoms with Crippen LogP contribution in [0.15, 0.2) is 42.6 Å². The van der Waals surface area contributed by atoms with Crippen LogP contribution in [0, 0.1) is 18.8 Å². The topological polar surface area (TPSA) is 55.6 Å². The van der Waals surface area contributed by atoms with E-state index in [1.807, 2.05) is 42.6 Å². The van der Waals surface area contributed by atoms with Crippen LogP contribution in [0.2, 0.25) is 0 Å². The summed E-state index contributed by atoms with van der Waals surface area (Å²) in [6.07, 6.45) is 10.3. The molecule has 5 nitrogen and oxygen atoms in total. The van der Waals surface area contributed by atoms with Crippen molar-refractivity contribution in [2.75, 3.05) is 12.4 Å². The van der Waals surface area contributed by atoms with Crippen LogP contribution in [0.1, 0.15) is 57.6 Å². The summed E-state index contributed by atoms with van der Waals surface area (Å²) < 4.78 is 7.31. The molecule has 0 bridgehead atoms. The Bertz CT molecular complexity index is 1030. The predicted octanol–water partition coefficient (Wildman–Crippen LogP) is 6.25. The Balaban J connectivity index is 1.45. The third-order valence-corrected chi connectivity index (χ3v) is 6.67. The summed E-state index contributed by atoms with van der Waals surface area (Å²) in [5.41, 5.74) is 4.74. The van der Waals surface area contributed by atoms with Crippen LogP contribution in [0.4, 0.5) is 5.69 Å². The summed E-state index contributed by atoms with van der Waals surface area (Å²) in [6.45, 7) is 4.31. The average molecular weight is 420 g/mol. The number of benzene rings is 1. The minimum atomic E-state index is 0.132. The van der Waals surface area contributed by atoms with Gasteiger partial charge in [0.05, 0.1) is 18.5 Å². The molecule has 1 aromatic carbocycles. The van der Waals surface area contributed by atoms with Crippen LogP contribution >= 0.6 is 0 Å². The van der Waals surface area contributed by atoms with Crippen molar-refractivity contribution in [2.24, 2.45) is 11.8 Å². The predicted molar refractivity (Wildman–Crippen MR) is 126 cm³/mol. The number of aryl methyl sites for hydroxylation is 1. The van der Waals surface area contributed by atoms with Gasteiger partial charge in [0.15, 0.2) is 0 Å². The number of carbonyl (C=O) groups is 1. The van der Waals surface area contributed by atoms with Gasteiger partial charge in [0.1, 0.15) is 11.4 Å². The van der Waals surface area contributed by atoms with Gasteiger partial charge in [-0.3, -0.25) is 4.79 Å². The van der Waals surface area contributed by atoms with Crippen molar-refractivity contribution in [2.45, 2.75) is 58.8 Å². The maximum Gasteiger partial charge on any atom is 0.227 e. The summed E-state index contributed by atoms with van der Waals surface area (Å²) in [5.74, 6) is 1.92. The summed E-state index contributed by atoms with van der Waals surface area (Å²) in [7, 11) is 1.67. The fraction of sp³-hybridized carbons (Fsp3) is 0.462. The molecule has 31 heavy (non-hydrogen) atoms. The van der Waals surface area contributed by atoms with Crippen LogP contribution in [0.25, 0.3) is 16.9 Å². The largest absolute Gasteiger partial charge is 0.497 e. The molecule has 3 aromatic rings. The monoisotopic (exact) mass is 419 g/mol. The average Bonchev–Trinajstić information content (AvgIpc) is 3.14. The van der Waals surface area contributed by atoms with Gasteiger partial charge < -0.3 is 14.5 Å². The van der Waals surface area contributed by atoms with Crippen molar-refractivity contribution >= 4 is 17.2 Å². The Morgan fingerprint density at radius 3 is 2.55 bits per heavy atom. The Morgan fingerprint density at radius 2 is 1.87 bits per heavy atom. The molecule has 0 atom stereocenters. The lowest BCUT2D eigenvalue weighted by molar-refractivity contribution is -0.121. The van der Waals surface area contributed by atoms with E-state index in [1.165, 1.54) is 32.1 Å². The normalized spacial score (nSPS) is 18.8. The van der Waals surface area contributed by atoms with E-state index < -0.39 is 0 Å². The van der Waals surface area contributed by atoms with Gasteiger partial charge in [-0.05, 0) is 74.9 Å². The molecular formula is C26H33N3O2. The Kier molecular flexibility index (Phi) is 6.59. The van der Waals surface area contributed by atoms with E-state index in [4.69, 9.17) is 9.72 Å².